The Kier molecular flexibility index (Phi) is 14.2. The van der Waals surface area contributed by atoms with Gasteiger partial charge in [-0.1, -0.05) is 52.7 Å². The standard InChI is InChI=1S/C35H54N6O6/c1-5-24(4)27-22-29(42)41(31(27)44)20-8-6-7-18-37-32(45)35(16-10-17-35)33(46)40-28(11-9-19-38-34(36)47)30(43)39-26-14-12-25(13-15-26)21-23(2)3/h12-15,23-24,27-28H,5-11,16-22H2,1-4H3,(H,37,45)(H,39,43)(H,40,46)(H3,36,38,47)/t24?,27?,28-/m0/s1. The lowest BCUT2D eigenvalue weighted by molar-refractivity contribution is -0.151. The maximum Gasteiger partial charge on any atom is 0.312 e. The summed E-state index contributed by atoms with van der Waals surface area (Å²) >= 11 is 0. The van der Waals surface area contributed by atoms with E-state index < -0.39 is 29.3 Å². The number of hydrogen-bond donors (Lipinski definition) is 5. The highest BCUT2D eigenvalue weighted by Gasteiger charge is 2.51. The van der Waals surface area contributed by atoms with Gasteiger partial charge < -0.3 is 27.0 Å². The predicted molar refractivity (Wildman–Crippen MR) is 180 cm³/mol. The minimum Gasteiger partial charge on any atom is -0.355 e. The summed E-state index contributed by atoms with van der Waals surface area (Å²) in [7, 11) is 0. The molecule has 1 aliphatic heterocycles. The van der Waals surface area contributed by atoms with Crippen LogP contribution in [0.25, 0.3) is 0 Å². The molecule has 7 amide bonds. The molecule has 1 aromatic carbocycles. The fourth-order valence-electron chi connectivity index (χ4n) is 6.21. The maximum absolute atomic E-state index is 13.6. The van der Waals surface area contributed by atoms with Crippen LogP contribution < -0.4 is 27.0 Å². The normalized spacial score (nSPS) is 18.3. The van der Waals surface area contributed by atoms with E-state index in [4.69, 9.17) is 5.73 Å². The zero-order chi connectivity index (χ0) is 34.6. The average Bonchev–Trinajstić information content (AvgIpc) is 3.28. The van der Waals surface area contributed by atoms with Gasteiger partial charge in [-0.05, 0) is 80.9 Å². The zero-order valence-electron chi connectivity index (χ0n) is 28.5. The number of likely N-dealkylation sites (tertiary alicyclic amines) is 1. The van der Waals surface area contributed by atoms with Crippen molar-refractivity contribution < 1.29 is 28.8 Å². The largest absolute Gasteiger partial charge is 0.355 e. The number of hydrogen-bond acceptors (Lipinski definition) is 6. The topological polar surface area (TPSA) is 180 Å². The van der Waals surface area contributed by atoms with E-state index in [0.717, 1.165) is 24.8 Å². The second kappa shape index (κ2) is 17.8. The third-order valence-electron chi connectivity index (χ3n) is 9.49. The molecule has 0 aromatic heterocycles. The Morgan fingerprint density at radius 3 is 2.21 bits per heavy atom. The van der Waals surface area contributed by atoms with Crippen molar-refractivity contribution in [3.63, 3.8) is 0 Å². The number of carbonyl (C=O) groups excluding carboxylic acids is 6. The molecule has 1 heterocycles. The average molecular weight is 655 g/mol. The van der Waals surface area contributed by atoms with Crippen molar-refractivity contribution in [1.82, 2.24) is 20.9 Å². The summed E-state index contributed by atoms with van der Waals surface area (Å²) in [5.41, 5.74) is 5.67. The smallest absolute Gasteiger partial charge is 0.312 e. The summed E-state index contributed by atoms with van der Waals surface area (Å²) in [6, 6.07) is 5.98. The number of nitrogens with one attached hydrogen (secondary N) is 4. The van der Waals surface area contributed by atoms with E-state index in [-0.39, 0.29) is 48.9 Å². The third-order valence-corrected chi connectivity index (χ3v) is 9.49. The van der Waals surface area contributed by atoms with Crippen LogP contribution in [0.5, 0.6) is 0 Å². The molecule has 1 aromatic rings. The zero-order valence-corrected chi connectivity index (χ0v) is 28.5. The number of nitrogens with zero attached hydrogens (tertiary/aromatic N) is 1. The fourth-order valence-corrected chi connectivity index (χ4v) is 6.21. The molecule has 2 aliphatic rings. The van der Waals surface area contributed by atoms with Gasteiger partial charge >= 0.3 is 6.03 Å². The lowest BCUT2D eigenvalue weighted by Gasteiger charge is -2.39. The lowest BCUT2D eigenvalue weighted by Crippen LogP contribution is -2.58. The Hall–Kier alpha value is -3.96. The first kappa shape index (κ1) is 37.5. The minimum atomic E-state index is -1.25. The van der Waals surface area contributed by atoms with E-state index in [9.17, 15) is 28.8 Å². The van der Waals surface area contributed by atoms with Crippen molar-refractivity contribution in [1.29, 1.82) is 0 Å². The molecule has 2 unspecified atom stereocenters. The van der Waals surface area contributed by atoms with Gasteiger partial charge in [0.1, 0.15) is 11.5 Å². The van der Waals surface area contributed by atoms with Gasteiger partial charge in [-0.15, -0.1) is 0 Å². The second-order valence-electron chi connectivity index (χ2n) is 13.6. The molecule has 0 spiro atoms. The van der Waals surface area contributed by atoms with Crippen molar-refractivity contribution in [2.45, 2.75) is 104 Å². The molecule has 47 heavy (non-hydrogen) atoms. The number of imide groups is 1. The van der Waals surface area contributed by atoms with Crippen molar-refractivity contribution in [3.05, 3.63) is 29.8 Å². The second-order valence-corrected chi connectivity index (χ2v) is 13.6. The molecule has 0 bridgehead atoms. The molecule has 260 valence electrons. The first-order chi connectivity index (χ1) is 22.4. The van der Waals surface area contributed by atoms with Crippen molar-refractivity contribution in [3.8, 4) is 0 Å². The van der Waals surface area contributed by atoms with Gasteiger partial charge in [-0.25, -0.2) is 4.79 Å². The first-order valence-electron chi connectivity index (χ1n) is 17.2. The highest BCUT2D eigenvalue weighted by Crippen LogP contribution is 2.41. The van der Waals surface area contributed by atoms with Gasteiger partial charge in [-0.2, -0.15) is 0 Å². The number of nitrogens with two attached hydrogens (primary N) is 1. The number of unbranched alkanes of at least 4 members (excludes halogenated alkanes) is 2. The van der Waals surface area contributed by atoms with Crippen LogP contribution in [0, 0.1) is 23.2 Å². The molecular formula is C35H54N6O6. The van der Waals surface area contributed by atoms with E-state index in [1.807, 2.05) is 38.1 Å². The first-order valence-corrected chi connectivity index (χ1v) is 17.2. The Morgan fingerprint density at radius 2 is 1.62 bits per heavy atom. The van der Waals surface area contributed by atoms with E-state index >= 15 is 0 Å². The highest BCUT2D eigenvalue weighted by molar-refractivity contribution is 6.08. The van der Waals surface area contributed by atoms with Gasteiger partial charge in [0.25, 0.3) is 0 Å². The van der Waals surface area contributed by atoms with Crippen LogP contribution in [-0.2, 0) is 30.4 Å². The molecule has 1 saturated heterocycles. The summed E-state index contributed by atoms with van der Waals surface area (Å²) < 4.78 is 0. The summed E-state index contributed by atoms with van der Waals surface area (Å²) in [5.74, 6) is -0.992. The molecule has 12 heteroatoms. The van der Waals surface area contributed by atoms with Gasteiger partial charge in [0.15, 0.2) is 0 Å². The van der Waals surface area contributed by atoms with Gasteiger partial charge in [-0.3, -0.25) is 28.9 Å². The number of anilines is 1. The monoisotopic (exact) mass is 654 g/mol. The fraction of sp³-hybridized carbons (Fsp3) is 0.657. The Balaban J connectivity index is 1.52. The van der Waals surface area contributed by atoms with Gasteiger partial charge in [0.2, 0.25) is 29.5 Å². The van der Waals surface area contributed by atoms with E-state index in [1.54, 1.807) is 0 Å². The molecular weight excluding hydrogens is 600 g/mol. The van der Waals surface area contributed by atoms with Crippen LogP contribution in [0.15, 0.2) is 24.3 Å². The molecule has 2 fully saturated rings. The van der Waals surface area contributed by atoms with Crippen LogP contribution >= 0.6 is 0 Å². The Morgan fingerprint density at radius 1 is 0.936 bits per heavy atom. The van der Waals surface area contributed by atoms with Crippen LogP contribution in [0.4, 0.5) is 10.5 Å². The molecule has 6 N–H and O–H groups in total. The van der Waals surface area contributed by atoms with Gasteiger partial charge in [0.05, 0.1) is 0 Å². The number of urea groups is 1. The van der Waals surface area contributed by atoms with E-state index in [0.29, 0.717) is 63.2 Å². The quantitative estimate of drug-likeness (QED) is 0.0863. The minimum absolute atomic E-state index is 0.0775. The predicted octanol–water partition coefficient (Wildman–Crippen LogP) is 3.63. The molecule has 12 nitrogen and oxygen atoms in total. The third kappa shape index (κ3) is 10.5. The molecule has 3 atom stereocenters. The van der Waals surface area contributed by atoms with E-state index in [1.165, 1.54) is 4.90 Å². The van der Waals surface area contributed by atoms with Gasteiger partial charge in [0, 0.05) is 37.7 Å². The lowest BCUT2D eigenvalue weighted by atomic mass is 9.67. The van der Waals surface area contributed by atoms with Crippen LogP contribution in [0.3, 0.4) is 0 Å². The molecule has 3 rings (SSSR count). The molecule has 0 radical (unpaired) electrons. The van der Waals surface area contributed by atoms with Crippen molar-refractivity contribution in [2.24, 2.45) is 28.9 Å². The number of amides is 7. The molecule has 1 saturated carbocycles. The number of rotatable bonds is 19. The highest BCUT2D eigenvalue weighted by atomic mass is 16.2. The summed E-state index contributed by atoms with van der Waals surface area (Å²) in [4.78, 5) is 77.7. The Bertz CT molecular complexity index is 1260. The van der Waals surface area contributed by atoms with Crippen LogP contribution in [-0.4, -0.2) is 66.1 Å². The number of primary amides is 1. The SMILES string of the molecule is CCC(C)C1CC(=O)N(CCCCCNC(=O)C2(C(=O)N[C@@H](CCCNC(N)=O)C(=O)Nc3ccc(CC(C)C)cc3)CCC2)C1=O. The van der Waals surface area contributed by atoms with Crippen LogP contribution in [0.1, 0.15) is 97.5 Å². The van der Waals surface area contributed by atoms with Crippen molar-refractivity contribution in [2.75, 3.05) is 25.0 Å². The summed E-state index contributed by atoms with van der Waals surface area (Å²) in [5, 5.41) is 11.1. The molecule has 1 aliphatic carbocycles. The maximum atomic E-state index is 13.6. The summed E-state index contributed by atoms with van der Waals surface area (Å²) in [6.45, 7) is 9.28. The number of carbonyl (C=O) groups is 6. The van der Waals surface area contributed by atoms with E-state index in [2.05, 4.69) is 35.1 Å². The number of benzene rings is 1. The van der Waals surface area contributed by atoms with Crippen LogP contribution in [0.2, 0.25) is 0 Å². The summed E-state index contributed by atoms with van der Waals surface area (Å²) in [6.07, 6.45) is 6.18. The Labute approximate surface area is 278 Å². The van der Waals surface area contributed by atoms with Crippen molar-refractivity contribution >= 4 is 41.3 Å².